The van der Waals surface area contributed by atoms with Crippen LogP contribution in [0.3, 0.4) is 0 Å². The van der Waals surface area contributed by atoms with E-state index in [-0.39, 0.29) is 5.91 Å². The van der Waals surface area contributed by atoms with E-state index in [9.17, 15) is 4.79 Å². The predicted molar refractivity (Wildman–Crippen MR) is 92.7 cm³/mol. The van der Waals surface area contributed by atoms with Crippen molar-refractivity contribution in [2.24, 2.45) is 10.2 Å². The summed E-state index contributed by atoms with van der Waals surface area (Å²) in [5.74, 6) is -0.356. The van der Waals surface area contributed by atoms with Crippen molar-refractivity contribution in [2.45, 2.75) is 6.92 Å². The Bertz CT molecular complexity index is 1050. The first kappa shape index (κ1) is 14.3. The molecule has 0 radical (unpaired) electrons. The summed E-state index contributed by atoms with van der Waals surface area (Å²) in [5.41, 5.74) is 4.82. The Kier molecular flexibility index (Phi) is 3.39. The number of aromatic nitrogens is 2. The van der Waals surface area contributed by atoms with Crippen LogP contribution in [-0.2, 0) is 0 Å². The smallest absolute Gasteiger partial charge is 0.295 e. The van der Waals surface area contributed by atoms with Crippen molar-refractivity contribution in [1.29, 1.82) is 0 Å². The van der Waals surface area contributed by atoms with Gasteiger partial charge in [0.25, 0.3) is 5.91 Å². The molecule has 1 aliphatic carbocycles. The Labute approximate surface area is 138 Å². The second-order valence-electron chi connectivity index (χ2n) is 5.58. The number of azo groups is 1. The molecule has 2 aliphatic rings. The summed E-state index contributed by atoms with van der Waals surface area (Å²) in [6, 6.07) is 14.9. The third kappa shape index (κ3) is 2.36. The molecule has 0 bridgehead atoms. The van der Waals surface area contributed by atoms with Crippen molar-refractivity contribution in [3.63, 3.8) is 0 Å². The van der Waals surface area contributed by atoms with Crippen molar-refractivity contribution < 1.29 is 4.79 Å². The zero-order valence-electron chi connectivity index (χ0n) is 13.0. The van der Waals surface area contributed by atoms with Crippen LogP contribution in [0.4, 0.5) is 5.69 Å². The number of aromatic amines is 1. The van der Waals surface area contributed by atoms with Gasteiger partial charge in [-0.15, -0.1) is 10.2 Å². The second-order valence-corrected chi connectivity index (χ2v) is 5.58. The summed E-state index contributed by atoms with van der Waals surface area (Å²) < 4.78 is 0. The number of rotatable bonds is 2. The van der Waals surface area contributed by atoms with E-state index in [1.54, 1.807) is 18.3 Å². The maximum absolute atomic E-state index is 12.3. The number of hydrogen-bond acceptors (Lipinski definition) is 3. The summed E-state index contributed by atoms with van der Waals surface area (Å²) in [6.45, 7) is 1.94. The number of hydrogen-bond donors (Lipinski definition) is 1. The van der Waals surface area contributed by atoms with Crippen LogP contribution >= 0.6 is 0 Å². The predicted octanol–water partition coefficient (Wildman–Crippen LogP) is 4.90. The van der Waals surface area contributed by atoms with Crippen LogP contribution in [0.2, 0.25) is 0 Å². The molecular weight excluding hydrogens is 300 g/mol. The average Bonchev–Trinajstić information content (AvgIpc) is 2.94. The molecule has 1 aromatic carbocycles. The fraction of sp³-hybridized carbons (Fsp3) is 0.0526. The van der Waals surface area contributed by atoms with Gasteiger partial charge in [-0.1, -0.05) is 17.7 Å². The third-order valence-corrected chi connectivity index (χ3v) is 3.92. The van der Waals surface area contributed by atoms with Crippen LogP contribution in [0.1, 0.15) is 15.9 Å². The van der Waals surface area contributed by atoms with Crippen LogP contribution < -0.4 is 0 Å². The van der Waals surface area contributed by atoms with Crippen molar-refractivity contribution in [3.05, 3.63) is 72.1 Å². The number of H-pyrrole nitrogens is 1. The van der Waals surface area contributed by atoms with Crippen molar-refractivity contribution in [3.8, 4) is 11.3 Å². The molecule has 1 N–H and O–H groups in total. The molecule has 0 fully saturated rings. The molecule has 4 rings (SSSR count). The van der Waals surface area contributed by atoms with Gasteiger partial charge in [-0.2, -0.15) is 0 Å². The van der Waals surface area contributed by atoms with Gasteiger partial charge in [0.2, 0.25) is 0 Å². The first-order valence-electron chi connectivity index (χ1n) is 7.60. The lowest BCUT2D eigenvalue weighted by atomic mass is 10.1. The SMILES string of the molecule is Cc1cccc(C(=O)N=Nc2c3ccc[nH]c-3c3ncccc23)c1. The Balaban J connectivity index is 1.80. The molecule has 1 aromatic heterocycles. The molecule has 0 spiro atoms. The molecule has 5 heteroatoms. The van der Waals surface area contributed by atoms with E-state index in [1.165, 1.54) is 0 Å². The van der Waals surface area contributed by atoms with Gasteiger partial charge in [-0.25, -0.2) is 0 Å². The topological polar surface area (TPSA) is 70.5 Å². The van der Waals surface area contributed by atoms with E-state index in [1.807, 2.05) is 49.5 Å². The minimum atomic E-state index is -0.356. The summed E-state index contributed by atoms with van der Waals surface area (Å²) >= 11 is 0. The zero-order chi connectivity index (χ0) is 16.5. The Hall–Kier alpha value is -3.34. The molecule has 0 atom stereocenters. The normalized spacial score (nSPS) is 11.5. The summed E-state index contributed by atoms with van der Waals surface area (Å²) in [5, 5.41) is 9.04. The number of nitrogens with zero attached hydrogens (tertiary/aromatic N) is 3. The molecule has 0 saturated heterocycles. The van der Waals surface area contributed by atoms with Crippen LogP contribution in [0.15, 0.2) is 71.2 Å². The van der Waals surface area contributed by atoms with E-state index >= 15 is 0 Å². The first-order valence-corrected chi connectivity index (χ1v) is 7.60. The van der Waals surface area contributed by atoms with Gasteiger partial charge >= 0.3 is 0 Å². The van der Waals surface area contributed by atoms with Crippen molar-refractivity contribution in [2.75, 3.05) is 0 Å². The van der Waals surface area contributed by atoms with Crippen LogP contribution in [0.5, 0.6) is 0 Å². The number of carbonyl (C=O) groups is 1. The average molecular weight is 314 g/mol. The number of carbonyl (C=O) groups excluding carboxylic acids is 1. The number of pyridine rings is 2. The monoisotopic (exact) mass is 314 g/mol. The molecule has 5 nitrogen and oxygen atoms in total. The van der Waals surface area contributed by atoms with E-state index in [2.05, 4.69) is 20.2 Å². The second kappa shape index (κ2) is 5.70. The molecule has 116 valence electrons. The maximum atomic E-state index is 12.3. The Morgan fingerprint density at radius 3 is 2.92 bits per heavy atom. The highest BCUT2D eigenvalue weighted by Crippen LogP contribution is 2.42. The van der Waals surface area contributed by atoms with Gasteiger partial charge in [0, 0.05) is 28.9 Å². The quantitative estimate of drug-likeness (QED) is 0.534. The minimum Gasteiger partial charge on any atom is -0.359 e. The number of fused-ring (bicyclic) bond motifs is 3. The molecule has 0 saturated carbocycles. The van der Waals surface area contributed by atoms with Gasteiger partial charge in [0.05, 0.1) is 11.2 Å². The minimum absolute atomic E-state index is 0.356. The fourth-order valence-corrected chi connectivity index (χ4v) is 2.81. The first-order chi connectivity index (χ1) is 11.7. The lowest BCUT2D eigenvalue weighted by molar-refractivity contribution is 0.0995. The third-order valence-electron chi connectivity index (χ3n) is 3.92. The van der Waals surface area contributed by atoms with E-state index in [0.29, 0.717) is 11.3 Å². The highest BCUT2D eigenvalue weighted by atomic mass is 16.1. The zero-order valence-corrected chi connectivity index (χ0v) is 13.0. The maximum Gasteiger partial charge on any atom is 0.295 e. The van der Waals surface area contributed by atoms with E-state index in [4.69, 9.17) is 0 Å². The standard InChI is InChI=1S/C19H14N4O/c1-12-5-2-6-13(11-12)19(24)23-22-16-14-7-3-9-20-17(14)18-15(16)8-4-10-21-18/h2-11,20H,1H3. The molecule has 2 aromatic rings. The highest BCUT2D eigenvalue weighted by Gasteiger charge is 2.18. The molecule has 0 unspecified atom stereocenters. The largest absolute Gasteiger partial charge is 0.359 e. The van der Waals surface area contributed by atoms with Gasteiger partial charge in [0.1, 0.15) is 5.69 Å². The van der Waals surface area contributed by atoms with Crippen LogP contribution in [0.25, 0.3) is 22.2 Å². The van der Waals surface area contributed by atoms with Gasteiger partial charge in [-0.05, 0) is 43.3 Å². The van der Waals surface area contributed by atoms with Gasteiger partial charge < -0.3 is 4.98 Å². The van der Waals surface area contributed by atoms with E-state index < -0.39 is 0 Å². The summed E-state index contributed by atoms with van der Waals surface area (Å²) in [4.78, 5) is 19.9. The number of aryl methyl sites for hydroxylation is 1. The lowest BCUT2D eigenvalue weighted by Gasteiger charge is -1.99. The van der Waals surface area contributed by atoms with Gasteiger partial charge in [0.15, 0.2) is 0 Å². The molecule has 1 aliphatic heterocycles. The molecule has 1 amide bonds. The van der Waals surface area contributed by atoms with Crippen LogP contribution in [-0.4, -0.2) is 15.9 Å². The molecular formula is C19H14N4O. The number of amides is 1. The summed E-state index contributed by atoms with van der Waals surface area (Å²) in [6.07, 6.45) is 3.58. The van der Waals surface area contributed by atoms with E-state index in [0.717, 1.165) is 27.7 Å². The number of nitrogens with one attached hydrogen (secondary N) is 1. The highest BCUT2D eigenvalue weighted by molar-refractivity contribution is 6.09. The number of benzene rings is 1. The Morgan fingerprint density at radius 1 is 1.12 bits per heavy atom. The summed E-state index contributed by atoms with van der Waals surface area (Å²) in [7, 11) is 0. The van der Waals surface area contributed by atoms with Crippen molar-refractivity contribution >= 4 is 22.5 Å². The molecule has 24 heavy (non-hydrogen) atoms. The Morgan fingerprint density at radius 2 is 2.04 bits per heavy atom. The van der Waals surface area contributed by atoms with Crippen LogP contribution in [0, 0.1) is 6.92 Å². The van der Waals surface area contributed by atoms with Gasteiger partial charge in [-0.3, -0.25) is 9.78 Å². The van der Waals surface area contributed by atoms with Crippen molar-refractivity contribution in [1.82, 2.24) is 9.97 Å². The fourth-order valence-electron chi connectivity index (χ4n) is 2.81. The molecule has 2 heterocycles. The lowest BCUT2D eigenvalue weighted by Crippen LogP contribution is -1.93.